The monoisotopic (exact) mass is 426 g/mol. The maximum Gasteiger partial charge on any atom is 0.336 e. The van der Waals surface area contributed by atoms with Crippen LogP contribution in [0.25, 0.3) is 11.0 Å². The fourth-order valence-corrected chi connectivity index (χ4v) is 3.40. The third kappa shape index (κ3) is 4.55. The molecule has 0 saturated heterocycles. The molecule has 164 valence electrons. The largest absolute Gasteiger partial charge is 0.483 e. The molecule has 1 aromatic carbocycles. The summed E-state index contributed by atoms with van der Waals surface area (Å²) in [7, 11) is 0. The Morgan fingerprint density at radius 3 is 2.39 bits per heavy atom. The molecular formula is C24H26O7. The lowest BCUT2D eigenvalue weighted by atomic mass is 9.87. The number of hydrogen-bond acceptors (Lipinski definition) is 7. The summed E-state index contributed by atoms with van der Waals surface area (Å²) in [5, 5.41) is 0.625. The van der Waals surface area contributed by atoms with E-state index in [0.29, 0.717) is 22.3 Å². The summed E-state index contributed by atoms with van der Waals surface area (Å²) < 4.78 is 23.1. The number of hydrogen-bond donors (Lipinski definition) is 0. The molecule has 0 radical (unpaired) electrons. The van der Waals surface area contributed by atoms with Crippen molar-refractivity contribution in [2.75, 3.05) is 0 Å². The standard InChI is InChI=1S/C24H26O7/c1-7-14(4)23(27)30-21-19-16(10-8-15-9-11-17(25)28-20(15)19)31-24(5,6)22(21)29-18(26)12-13(2)3/h7-12,21-22H,1-6H3. The van der Waals surface area contributed by atoms with Gasteiger partial charge in [-0.15, -0.1) is 0 Å². The van der Waals surface area contributed by atoms with Crippen molar-refractivity contribution in [2.45, 2.75) is 59.4 Å². The zero-order chi connectivity index (χ0) is 22.9. The first-order valence-corrected chi connectivity index (χ1v) is 9.98. The van der Waals surface area contributed by atoms with Crippen molar-refractivity contribution in [1.82, 2.24) is 0 Å². The van der Waals surface area contributed by atoms with Gasteiger partial charge in [0, 0.05) is 23.1 Å². The van der Waals surface area contributed by atoms with E-state index in [0.717, 1.165) is 5.57 Å². The maximum absolute atomic E-state index is 12.7. The minimum atomic E-state index is -1.05. The van der Waals surface area contributed by atoms with Gasteiger partial charge in [-0.25, -0.2) is 14.4 Å². The Hall–Kier alpha value is -3.35. The van der Waals surface area contributed by atoms with Gasteiger partial charge in [0.05, 0.1) is 5.56 Å². The molecule has 31 heavy (non-hydrogen) atoms. The van der Waals surface area contributed by atoms with Crippen molar-refractivity contribution in [2.24, 2.45) is 0 Å². The summed E-state index contributed by atoms with van der Waals surface area (Å²) in [5.41, 5.74) is 0.131. The molecule has 3 rings (SSSR count). The second-order valence-electron chi connectivity index (χ2n) is 8.23. The van der Waals surface area contributed by atoms with E-state index >= 15 is 0 Å². The topological polar surface area (TPSA) is 92.0 Å². The van der Waals surface area contributed by atoms with Crippen LogP contribution < -0.4 is 10.4 Å². The van der Waals surface area contributed by atoms with E-state index in [-0.39, 0.29) is 5.58 Å². The summed E-state index contributed by atoms with van der Waals surface area (Å²) >= 11 is 0. The molecular weight excluding hydrogens is 400 g/mol. The molecule has 7 nitrogen and oxygen atoms in total. The molecule has 1 aliphatic rings. The summed E-state index contributed by atoms with van der Waals surface area (Å²) in [6.45, 7) is 10.4. The maximum atomic E-state index is 12.7. The van der Waals surface area contributed by atoms with Gasteiger partial charge in [0.2, 0.25) is 0 Å². The van der Waals surface area contributed by atoms with Crippen LogP contribution in [-0.2, 0) is 19.1 Å². The highest BCUT2D eigenvalue weighted by atomic mass is 16.6. The SMILES string of the molecule is CC=C(C)C(=O)OC1c2c(ccc3ccc(=O)oc23)OC(C)(C)C1OC(=O)C=C(C)C. The van der Waals surface area contributed by atoms with E-state index in [9.17, 15) is 14.4 Å². The second kappa shape index (κ2) is 8.41. The summed E-state index contributed by atoms with van der Waals surface area (Å²) in [6, 6.07) is 6.39. The number of carbonyl (C=O) groups is 2. The lowest BCUT2D eigenvalue weighted by Gasteiger charge is -2.43. The summed E-state index contributed by atoms with van der Waals surface area (Å²) in [5.74, 6) is -0.775. The molecule has 0 fully saturated rings. The fourth-order valence-electron chi connectivity index (χ4n) is 3.40. The number of esters is 2. The van der Waals surface area contributed by atoms with Crippen LogP contribution in [-0.4, -0.2) is 23.6 Å². The third-order valence-electron chi connectivity index (χ3n) is 5.04. The lowest BCUT2D eigenvalue weighted by Crippen LogP contribution is -2.52. The van der Waals surface area contributed by atoms with Crippen LogP contribution in [0.5, 0.6) is 5.75 Å². The van der Waals surface area contributed by atoms with Crippen LogP contribution >= 0.6 is 0 Å². The molecule has 2 heterocycles. The zero-order valence-corrected chi connectivity index (χ0v) is 18.5. The van der Waals surface area contributed by atoms with Gasteiger partial charge in [-0.05, 0) is 59.7 Å². The second-order valence-corrected chi connectivity index (χ2v) is 8.23. The molecule has 1 aromatic heterocycles. The average molecular weight is 426 g/mol. The molecule has 2 aromatic rings. The normalized spacial score (nSPS) is 19.7. The van der Waals surface area contributed by atoms with Gasteiger partial charge >= 0.3 is 17.6 Å². The highest BCUT2D eigenvalue weighted by molar-refractivity contribution is 5.89. The van der Waals surface area contributed by atoms with Crippen molar-refractivity contribution in [1.29, 1.82) is 0 Å². The number of rotatable bonds is 4. The van der Waals surface area contributed by atoms with Crippen LogP contribution in [0.1, 0.15) is 53.2 Å². The van der Waals surface area contributed by atoms with Crippen molar-refractivity contribution < 1.29 is 28.2 Å². The van der Waals surface area contributed by atoms with E-state index in [1.807, 2.05) is 0 Å². The first-order valence-electron chi connectivity index (χ1n) is 9.98. The quantitative estimate of drug-likeness (QED) is 0.407. The van der Waals surface area contributed by atoms with E-state index in [1.54, 1.807) is 65.8 Å². The number of benzene rings is 1. The molecule has 2 atom stereocenters. The van der Waals surface area contributed by atoms with Crippen molar-refractivity contribution in [3.8, 4) is 5.75 Å². The van der Waals surface area contributed by atoms with Gasteiger partial charge in [0.25, 0.3) is 0 Å². The molecule has 0 amide bonds. The number of carbonyl (C=O) groups excluding carboxylic acids is 2. The Labute approximate surface area is 180 Å². The summed E-state index contributed by atoms with van der Waals surface area (Å²) in [6.07, 6.45) is 0.934. The first kappa shape index (κ1) is 22.3. The van der Waals surface area contributed by atoms with Gasteiger partial charge in [0.1, 0.15) is 16.9 Å². The van der Waals surface area contributed by atoms with E-state index < -0.39 is 35.4 Å². The van der Waals surface area contributed by atoms with Crippen LogP contribution in [0.4, 0.5) is 0 Å². The number of allylic oxidation sites excluding steroid dienone is 2. The van der Waals surface area contributed by atoms with E-state index in [2.05, 4.69) is 0 Å². The van der Waals surface area contributed by atoms with E-state index in [4.69, 9.17) is 18.6 Å². The molecule has 7 heteroatoms. The Morgan fingerprint density at radius 2 is 1.74 bits per heavy atom. The average Bonchev–Trinajstić information content (AvgIpc) is 2.68. The smallest absolute Gasteiger partial charge is 0.336 e. The Balaban J connectivity index is 2.22. The Morgan fingerprint density at radius 1 is 1.06 bits per heavy atom. The molecule has 1 aliphatic heterocycles. The van der Waals surface area contributed by atoms with Crippen molar-refractivity contribution >= 4 is 22.9 Å². The van der Waals surface area contributed by atoms with Crippen molar-refractivity contribution in [3.63, 3.8) is 0 Å². The Kier molecular flexibility index (Phi) is 6.06. The van der Waals surface area contributed by atoms with Crippen LogP contribution in [0.2, 0.25) is 0 Å². The predicted molar refractivity (Wildman–Crippen MR) is 115 cm³/mol. The van der Waals surface area contributed by atoms with Crippen LogP contribution in [0, 0.1) is 0 Å². The van der Waals surface area contributed by atoms with E-state index in [1.165, 1.54) is 12.1 Å². The molecule has 0 spiro atoms. The van der Waals surface area contributed by atoms with Crippen LogP contribution in [0.3, 0.4) is 0 Å². The minimum absolute atomic E-state index is 0.222. The molecule has 0 N–H and O–H groups in total. The summed E-state index contributed by atoms with van der Waals surface area (Å²) in [4.78, 5) is 37.1. The van der Waals surface area contributed by atoms with Gasteiger partial charge in [-0.1, -0.05) is 11.6 Å². The van der Waals surface area contributed by atoms with Gasteiger partial charge in [-0.2, -0.15) is 0 Å². The molecule has 0 aliphatic carbocycles. The van der Waals surface area contributed by atoms with Crippen LogP contribution in [0.15, 0.2) is 56.8 Å². The van der Waals surface area contributed by atoms with Gasteiger partial charge < -0.3 is 18.6 Å². The fraction of sp³-hybridized carbons (Fsp3) is 0.375. The highest BCUT2D eigenvalue weighted by Crippen LogP contribution is 2.46. The number of ether oxygens (including phenoxy) is 3. The zero-order valence-electron chi connectivity index (χ0n) is 18.5. The minimum Gasteiger partial charge on any atom is -0.483 e. The lowest BCUT2D eigenvalue weighted by molar-refractivity contribution is -0.185. The molecule has 0 bridgehead atoms. The van der Waals surface area contributed by atoms with Gasteiger partial charge in [0.15, 0.2) is 12.2 Å². The van der Waals surface area contributed by atoms with Gasteiger partial charge in [-0.3, -0.25) is 0 Å². The Bertz CT molecular complexity index is 1150. The number of fused-ring (bicyclic) bond motifs is 3. The predicted octanol–water partition coefficient (Wildman–Crippen LogP) is 4.39. The molecule has 0 saturated carbocycles. The third-order valence-corrected chi connectivity index (χ3v) is 5.04. The highest BCUT2D eigenvalue weighted by Gasteiger charge is 2.50. The van der Waals surface area contributed by atoms with Crippen molar-refractivity contribution in [3.05, 3.63) is 63.5 Å². The molecule has 2 unspecified atom stereocenters. The first-order chi connectivity index (χ1) is 14.5.